The van der Waals surface area contributed by atoms with Gasteiger partial charge in [0.25, 0.3) is 10.1 Å². The molecule has 0 aliphatic carbocycles. The van der Waals surface area contributed by atoms with Crippen molar-refractivity contribution in [3.05, 3.63) is 29.3 Å². The summed E-state index contributed by atoms with van der Waals surface area (Å²) in [5.41, 5.74) is -0.497. The Morgan fingerprint density at radius 2 is 1.34 bits per heavy atom. The maximum atomic E-state index is 12.2. The SMILES string of the molecule is CC(C)(C)CCOC(=O)c1ccc(C(=O)OCCC(C)(C)C)c(S(=O)(=O)O)c1.[KH]. The molecule has 0 amide bonds. The zero-order valence-corrected chi connectivity index (χ0v) is 18.2. The number of benzene rings is 1. The molecule has 0 atom stereocenters. The predicted octanol–water partition coefficient (Wildman–Crippen LogP) is 3.47. The van der Waals surface area contributed by atoms with Crippen molar-refractivity contribution in [2.45, 2.75) is 59.3 Å². The van der Waals surface area contributed by atoms with Gasteiger partial charge in [0.15, 0.2) is 0 Å². The van der Waals surface area contributed by atoms with Crippen molar-refractivity contribution in [2.24, 2.45) is 10.8 Å². The van der Waals surface area contributed by atoms with Gasteiger partial charge >= 0.3 is 63.3 Å². The van der Waals surface area contributed by atoms with E-state index in [1.54, 1.807) is 0 Å². The van der Waals surface area contributed by atoms with E-state index in [1.807, 2.05) is 41.5 Å². The number of hydrogen-bond acceptors (Lipinski definition) is 6. The van der Waals surface area contributed by atoms with Crippen LogP contribution >= 0.6 is 0 Å². The molecule has 0 radical (unpaired) electrons. The molecule has 0 fully saturated rings. The molecule has 0 saturated heterocycles. The van der Waals surface area contributed by atoms with Gasteiger partial charge < -0.3 is 9.47 Å². The first-order chi connectivity index (χ1) is 12.6. The van der Waals surface area contributed by atoms with Crippen molar-refractivity contribution >= 4 is 73.4 Å². The summed E-state index contributed by atoms with van der Waals surface area (Å²) in [5, 5.41) is 0. The van der Waals surface area contributed by atoms with Crippen LogP contribution in [0.15, 0.2) is 23.1 Å². The van der Waals surface area contributed by atoms with Crippen LogP contribution in [0, 0.1) is 10.8 Å². The molecule has 0 aliphatic heterocycles. The minimum atomic E-state index is -4.74. The molecule has 0 aliphatic rings. The summed E-state index contributed by atoms with van der Waals surface area (Å²) >= 11 is 0. The number of hydrogen-bond donors (Lipinski definition) is 1. The molecule has 160 valence electrons. The Balaban J connectivity index is 0.00000784. The first-order valence-corrected chi connectivity index (χ1v) is 10.5. The average molecular weight is 455 g/mol. The third-order valence-corrected chi connectivity index (χ3v) is 4.78. The number of ether oxygens (including phenoxy) is 2. The average Bonchev–Trinajstić information content (AvgIpc) is 2.50. The van der Waals surface area contributed by atoms with Crippen molar-refractivity contribution in [3.8, 4) is 0 Å². The van der Waals surface area contributed by atoms with Gasteiger partial charge in [0.05, 0.1) is 24.3 Å². The molecule has 0 heterocycles. The van der Waals surface area contributed by atoms with Crippen LogP contribution in [0.1, 0.15) is 75.1 Å². The second-order valence-electron chi connectivity index (χ2n) is 9.08. The van der Waals surface area contributed by atoms with Crippen molar-refractivity contribution in [3.63, 3.8) is 0 Å². The minimum absolute atomic E-state index is 0. The summed E-state index contributed by atoms with van der Waals surface area (Å²) in [6, 6.07) is 3.34. The zero-order valence-electron chi connectivity index (χ0n) is 17.4. The molecule has 1 aromatic carbocycles. The Bertz CT molecular complexity index is 818. The third kappa shape index (κ3) is 11.0. The summed E-state index contributed by atoms with van der Waals surface area (Å²) in [4.78, 5) is 23.7. The Kier molecular flexibility index (Phi) is 11.2. The van der Waals surface area contributed by atoms with Crippen LogP contribution in [0.2, 0.25) is 0 Å². The summed E-state index contributed by atoms with van der Waals surface area (Å²) in [6.07, 6.45) is 1.21. The third-order valence-electron chi connectivity index (χ3n) is 3.89. The Morgan fingerprint density at radius 3 is 1.76 bits per heavy atom. The molecule has 7 nitrogen and oxygen atoms in total. The van der Waals surface area contributed by atoms with Crippen LogP contribution in [-0.4, -0.2) is 89.5 Å². The predicted molar refractivity (Wildman–Crippen MR) is 112 cm³/mol. The second-order valence-corrected chi connectivity index (χ2v) is 10.5. The molecule has 0 saturated carbocycles. The monoisotopic (exact) mass is 454 g/mol. The quantitative estimate of drug-likeness (QED) is 0.382. The van der Waals surface area contributed by atoms with Crippen LogP contribution in [0.25, 0.3) is 0 Å². The number of carbonyl (C=O) groups excluding carboxylic acids is 2. The van der Waals surface area contributed by atoms with Crippen LogP contribution < -0.4 is 0 Å². The molecule has 0 spiro atoms. The zero-order chi connectivity index (χ0) is 21.8. The molecule has 0 aromatic heterocycles. The molecule has 1 N–H and O–H groups in total. The van der Waals surface area contributed by atoms with Gasteiger partial charge in [-0.05, 0) is 41.9 Å². The summed E-state index contributed by atoms with van der Waals surface area (Å²) in [7, 11) is -4.74. The molecule has 1 rings (SSSR count). The summed E-state index contributed by atoms with van der Waals surface area (Å²) < 4.78 is 43.1. The van der Waals surface area contributed by atoms with Crippen molar-refractivity contribution in [1.29, 1.82) is 0 Å². The van der Waals surface area contributed by atoms with E-state index in [0.29, 0.717) is 12.8 Å². The van der Waals surface area contributed by atoms with Crippen molar-refractivity contribution in [2.75, 3.05) is 13.2 Å². The molecule has 1 aromatic rings. The topological polar surface area (TPSA) is 107 Å². The van der Waals surface area contributed by atoms with Crippen molar-refractivity contribution < 1.29 is 32.0 Å². The van der Waals surface area contributed by atoms with Gasteiger partial charge in [0.1, 0.15) is 4.90 Å². The molecule has 0 unspecified atom stereocenters. The second kappa shape index (κ2) is 11.4. The van der Waals surface area contributed by atoms with E-state index in [1.165, 1.54) is 6.07 Å². The number of rotatable bonds is 7. The maximum absolute atomic E-state index is 12.2. The normalized spacial score (nSPS) is 12.1. The van der Waals surface area contributed by atoms with E-state index < -0.39 is 27.0 Å². The Hall–Kier alpha value is -0.294. The molecule has 9 heteroatoms. The van der Waals surface area contributed by atoms with Crippen LogP contribution in [0.3, 0.4) is 0 Å². The van der Waals surface area contributed by atoms with Gasteiger partial charge in [-0.1, -0.05) is 41.5 Å². The van der Waals surface area contributed by atoms with E-state index in [2.05, 4.69) is 0 Å². The van der Waals surface area contributed by atoms with Gasteiger partial charge in [-0.25, -0.2) is 9.59 Å². The Morgan fingerprint density at radius 1 is 0.897 bits per heavy atom. The molecular weight excluding hydrogens is 423 g/mol. The summed E-state index contributed by atoms with van der Waals surface area (Å²) in [6.45, 7) is 12.2. The number of esters is 2. The fraction of sp³-hybridized carbons (Fsp3) is 0.600. The van der Waals surface area contributed by atoms with E-state index >= 15 is 0 Å². The standard InChI is InChI=1S/C20H30O7S.K.H/c1-19(2,3)9-11-26-17(21)14-7-8-15(16(13-14)28(23,24)25)18(22)27-12-10-20(4,5)6;;/h7-8,13H,9-12H2,1-6H3,(H,23,24,25);;. The van der Waals surface area contributed by atoms with Gasteiger partial charge in [-0.2, -0.15) is 8.42 Å². The van der Waals surface area contributed by atoms with Crippen molar-refractivity contribution in [1.82, 2.24) is 0 Å². The molecular formula is C20H31KO7S. The number of carbonyl (C=O) groups is 2. The van der Waals surface area contributed by atoms with Gasteiger partial charge in [-0.3, -0.25) is 4.55 Å². The van der Waals surface area contributed by atoms with E-state index in [4.69, 9.17) is 9.47 Å². The van der Waals surface area contributed by atoms with Gasteiger partial charge in [0, 0.05) is 0 Å². The first-order valence-electron chi connectivity index (χ1n) is 9.06. The molecule has 29 heavy (non-hydrogen) atoms. The fourth-order valence-corrected chi connectivity index (χ4v) is 2.80. The van der Waals surface area contributed by atoms with Gasteiger partial charge in [0.2, 0.25) is 0 Å². The van der Waals surface area contributed by atoms with E-state index in [-0.39, 0.29) is 86.6 Å². The Labute approximate surface area is 216 Å². The van der Waals surface area contributed by atoms with E-state index in [9.17, 15) is 22.6 Å². The summed E-state index contributed by atoms with van der Waals surface area (Å²) in [5.74, 6) is -1.62. The van der Waals surface area contributed by atoms with E-state index in [0.717, 1.165) is 12.1 Å². The first kappa shape index (κ1) is 28.7. The van der Waals surface area contributed by atoms with Crippen LogP contribution in [0.5, 0.6) is 0 Å². The fourth-order valence-electron chi connectivity index (χ4n) is 2.09. The van der Waals surface area contributed by atoms with Crippen LogP contribution in [-0.2, 0) is 19.6 Å². The van der Waals surface area contributed by atoms with Gasteiger partial charge in [-0.15, -0.1) is 0 Å². The van der Waals surface area contributed by atoms with Crippen LogP contribution in [0.4, 0.5) is 0 Å². The molecule has 0 bridgehead atoms.